The number of piperidine rings is 1. The number of alkyl halides is 3. The van der Waals surface area contributed by atoms with E-state index in [1.165, 1.54) is 6.07 Å². The van der Waals surface area contributed by atoms with E-state index >= 15 is 0 Å². The molecule has 2 unspecified atom stereocenters. The average Bonchev–Trinajstić information content (AvgIpc) is 3.45. The number of benzene rings is 1. The summed E-state index contributed by atoms with van der Waals surface area (Å²) in [7, 11) is 0. The van der Waals surface area contributed by atoms with Gasteiger partial charge in [0, 0.05) is 44.3 Å². The van der Waals surface area contributed by atoms with Crippen LogP contribution in [0.2, 0.25) is 0 Å². The maximum absolute atomic E-state index is 13.4. The van der Waals surface area contributed by atoms with Gasteiger partial charge in [-0.3, -0.25) is 9.59 Å². The molecular formula is C22H28F3N3O3. The van der Waals surface area contributed by atoms with E-state index in [0.717, 1.165) is 31.0 Å². The highest BCUT2D eigenvalue weighted by Gasteiger charge is 2.37. The number of carboxylic acid groups (broad SMARTS) is 1. The fourth-order valence-corrected chi connectivity index (χ4v) is 5.04. The van der Waals surface area contributed by atoms with Gasteiger partial charge >= 0.3 is 12.1 Å². The van der Waals surface area contributed by atoms with Crippen LogP contribution in [0.1, 0.15) is 42.7 Å². The van der Waals surface area contributed by atoms with Crippen LogP contribution in [0.25, 0.3) is 0 Å². The van der Waals surface area contributed by atoms with Gasteiger partial charge in [-0.25, -0.2) is 0 Å². The molecule has 0 saturated carbocycles. The van der Waals surface area contributed by atoms with Crippen LogP contribution >= 0.6 is 0 Å². The topological polar surface area (TPSA) is 72.9 Å². The minimum Gasteiger partial charge on any atom is -0.481 e. The molecule has 4 rings (SSSR count). The van der Waals surface area contributed by atoms with Crippen molar-refractivity contribution in [2.45, 2.75) is 37.8 Å². The van der Waals surface area contributed by atoms with Crippen LogP contribution in [0.15, 0.2) is 18.2 Å². The van der Waals surface area contributed by atoms with Crippen LogP contribution in [-0.4, -0.2) is 61.2 Å². The summed E-state index contributed by atoms with van der Waals surface area (Å²) >= 11 is 0. The maximum atomic E-state index is 13.4. The Bertz CT molecular complexity index is 831. The number of likely N-dealkylation sites (tertiary alicyclic amines) is 1. The number of hydrogen-bond acceptors (Lipinski definition) is 4. The summed E-state index contributed by atoms with van der Waals surface area (Å²) in [5, 5.41) is 12.4. The lowest BCUT2D eigenvalue weighted by molar-refractivity contribution is -0.142. The van der Waals surface area contributed by atoms with Crippen LogP contribution in [0.4, 0.5) is 18.9 Å². The van der Waals surface area contributed by atoms with Crippen LogP contribution in [0.5, 0.6) is 0 Å². The van der Waals surface area contributed by atoms with Gasteiger partial charge < -0.3 is 20.2 Å². The van der Waals surface area contributed by atoms with Gasteiger partial charge in [0.15, 0.2) is 0 Å². The Balaban J connectivity index is 1.55. The normalized spacial score (nSPS) is 25.3. The van der Waals surface area contributed by atoms with E-state index in [4.69, 9.17) is 0 Å². The molecule has 1 aromatic carbocycles. The molecule has 31 heavy (non-hydrogen) atoms. The van der Waals surface area contributed by atoms with Crippen molar-refractivity contribution in [3.63, 3.8) is 0 Å². The SMILES string of the molecule is O=C(O)C1CCN(c2cc(C(F)(F)F)ccc2C2CCN(C(=O)C3CCNC3)C2)CC1. The molecule has 3 fully saturated rings. The molecule has 3 aliphatic heterocycles. The summed E-state index contributed by atoms with van der Waals surface area (Å²) in [5.74, 6) is -1.21. The Hall–Kier alpha value is -2.29. The van der Waals surface area contributed by atoms with Crippen molar-refractivity contribution in [3.05, 3.63) is 29.3 Å². The lowest BCUT2D eigenvalue weighted by Gasteiger charge is -2.34. The average molecular weight is 439 g/mol. The van der Waals surface area contributed by atoms with E-state index in [1.54, 1.807) is 6.07 Å². The van der Waals surface area contributed by atoms with E-state index in [-0.39, 0.29) is 17.7 Å². The standard InChI is InChI=1S/C22H28F3N3O3/c23-22(24,25)17-1-2-18(19(11-17)27-8-4-14(5-9-27)21(30)31)16-6-10-28(13-16)20(29)15-3-7-26-12-15/h1-2,11,14-16,26H,3-10,12-13H2,(H,30,31). The van der Waals surface area contributed by atoms with Crippen LogP contribution in [0.3, 0.4) is 0 Å². The van der Waals surface area contributed by atoms with Gasteiger partial charge in [-0.15, -0.1) is 0 Å². The Morgan fingerprint density at radius 2 is 1.77 bits per heavy atom. The van der Waals surface area contributed by atoms with Crippen molar-refractivity contribution >= 4 is 17.6 Å². The highest BCUT2D eigenvalue weighted by atomic mass is 19.4. The molecule has 3 aliphatic rings. The maximum Gasteiger partial charge on any atom is 0.416 e. The molecule has 3 heterocycles. The summed E-state index contributed by atoms with van der Waals surface area (Å²) in [5.41, 5.74) is 0.650. The zero-order valence-corrected chi connectivity index (χ0v) is 17.3. The zero-order chi connectivity index (χ0) is 22.2. The van der Waals surface area contributed by atoms with Gasteiger partial charge in [0.25, 0.3) is 0 Å². The minimum atomic E-state index is -4.44. The Morgan fingerprint density at radius 1 is 1.03 bits per heavy atom. The Morgan fingerprint density at radius 3 is 2.39 bits per heavy atom. The fourth-order valence-electron chi connectivity index (χ4n) is 5.04. The number of anilines is 1. The number of carboxylic acids is 1. The van der Waals surface area contributed by atoms with Crippen molar-refractivity contribution in [2.75, 3.05) is 44.2 Å². The number of nitrogens with one attached hydrogen (secondary N) is 1. The van der Waals surface area contributed by atoms with Crippen LogP contribution in [0, 0.1) is 11.8 Å². The zero-order valence-electron chi connectivity index (χ0n) is 17.3. The smallest absolute Gasteiger partial charge is 0.416 e. The highest BCUT2D eigenvalue weighted by Crippen LogP contribution is 2.40. The van der Waals surface area contributed by atoms with Gasteiger partial charge in [0.05, 0.1) is 17.4 Å². The third-order valence-electron chi connectivity index (χ3n) is 6.89. The molecule has 0 spiro atoms. The number of aliphatic carboxylic acids is 1. The number of amides is 1. The summed E-state index contributed by atoms with van der Waals surface area (Å²) in [4.78, 5) is 27.8. The molecule has 0 bridgehead atoms. The molecule has 0 radical (unpaired) electrons. The van der Waals surface area contributed by atoms with E-state index in [1.807, 2.05) is 9.80 Å². The first-order valence-electron chi connectivity index (χ1n) is 10.9. The first-order valence-corrected chi connectivity index (χ1v) is 10.9. The molecule has 9 heteroatoms. The fraction of sp³-hybridized carbons (Fsp3) is 0.636. The number of hydrogen-bond donors (Lipinski definition) is 2. The molecule has 2 atom stereocenters. The molecule has 170 valence electrons. The third-order valence-corrected chi connectivity index (χ3v) is 6.89. The lowest BCUT2D eigenvalue weighted by atomic mass is 9.91. The van der Waals surface area contributed by atoms with E-state index in [0.29, 0.717) is 51.3 Å². The second kappa shape index (κ2) is 8.68. The lowest BCUT2D eigenvalue weighted by Crippen LogP contribution is -2.37. The second-order valence-corrected chi connectivity index (χ2v) is 8.83. The predicted octanol–water partition coefficient (Wildman–Crippen LogP) is 2.93. The number of carbonyl (C=O) groups is 2. The molecule has 3 saturated heterocycles. The van der Waals surface area contributed by atoms with Crippen molar-refractivity contribution in [1.29, 1.82) is 0 Å². The third kappa shape index (κ3) is 4.66. The van der Waals surface area contributed by atoms with Crippen molar-refractivity contribution in [3.8, 4) is 0 Å². The predicted molar refractivity (Wildman–Crippen MR) is 109 cm³/mol. The van der Waals surface area contributed by atoms with E-state index < -0.39 is 23.6 Å². The largest absolute Gasteiger partial charge is 0.481 e. The van der Waals surface area contributed by atoms with Crippen LogP contribution < -0.4 is 10.2 Å². The Kier molecular flexibility index (Phi) is 6.14. The van der Waals surface area contributed by atoms with E-state index in [2.05, 4.69) is 5.32 Å². The summed E-state index contributed by atoms with van der Waals surface area (Å²) in [6, 6.07) is 3.87. The van der Waals surface area contributed by atoms with Gasteiger partial charge in [-0.05, 0) is 49.9 Å². The minimum absolute atomic E-state index is 0.0131. The molecule has 6 nitrogen and oxygen atoms in total. The number of nitrogens with zero attached hydrogens (tertiary/aromatic N) is 2. The summed E-state index contributed by atoms with van der Waals surface area (Å²) < 4.78 is 40.2. The van der Waals surface area contributed by atoms with Gasteiger partial charge in [0.1, 0.15) is 0 Å². The number of halogens is 3. The first kappa shape index (κ1) is 21.9. The molecule has 1 amide bonds. The highest BCUT2D eigenvalue weighted by molar-refractivity contribution is 5.80. The van der Waals surface area contributed by atoms with Gasteiger partial charge in [-0.1, -0.05) is 6.07 Å². The van der Waals surface area contributed by atoms with Gasteiger partial charge in [-0.2, -0.15) is 13.2 Å². The summed E-state index contributed by atoms with van der Waals surface area (Å²) in [6.07, 6.45) is -2.08. The van der Waals surface area contributed by atoms with Crippen LogP contribution in [-0.2, 0) is 15.8 Å². The second-order valence-electron chi connectivity index (χ2n) is 8.83. The molecule has 0 aromatic heterocycles. The molecular weight excluding hydrogens is 411 g/mol. The first-order chi connectivity index (χ1) is 14.7. The molecule has 2 N–H and O–H groups in total. The molecule has 1 aromatic rings. The molecule has 0 aliphatic carbocycles. The monoisotopic (exact) mass is 439 g/mol. The van der Waals surface area contributed by atoms with Crippen molar-refractivity contribution in [1.82, 2.24) is 10.2 Å². The van der Waals surface area contributed by atoms with Crippen molar-refractivity contribution in [2.24, 2.45) is 11.8 Å². The Labute approximate surface area is 179 Å². The van der Waals surface area contributed by atoms with Crippen molar-refractivity contribution < 1.29 is 27.9 Å². The summed E-state index contributed by atoms with van der Waals surface area (Å²) in [6.45, 7) is 3.47. The van der Waals surface area contributed by atoms with Gasteiger partial charge in [0.2, 0.25) is 5.91 Å². The number of carbonyl (C=O) groups excluding carboxylic acids is 1. The quantitative estimate of drug-likeness (QED) is 0.755. The number of rotatable bonds is 4. The van der Waals surface area contributed by atoms with E-state index in [9.17, 15) is 27.9 Å².